The molecule has 0 aromatic rings. The number of hydrogen-bond acceptors (Lipinski definition) is 3. The third-order valence-corrected chi connectivity index (χ3v) is 9.08. The van der Waals surface area contributed by atoms with Gasteiger partial charge in [-0.25, -0.2) is 13.2 Å². The van der Waals surface area contributed by atoms with Crippen LogP contribution in [0.4, 0.5) is 18.0 Å². The molecule has 0 aromatic carbocycles. The van der Waals surface area contributed by atoms with Crippen molar-refractivity contribution in [2.75, 3.05) is 18.8 Å². The van der Waals surface area contributed by atoms with Crippen LogP contribution in [0.15, 0.2) is 0 Å². The second kappa shape index (κ2) is 7.20. The van der Waals surface area contributed by atoms with Gasteiger partial charge in [0.05, 0.1) is 10.5 Å². The first-order valence-corrected chi connectivity index (χ1v) is 11.1. The Kier molecular flexibility index (Phi) is 5.48. The van der Waals surface area contributed by atoms with E-state index in [4.69, 9.17) is 0 Å². The van der Waals surface area contributed by atoms with Gasteiger partial charge in [0, 0.05) is 13.1 Å². The normalized spacial score (nSPS) is 27.4. The highest BCUT2D eigenvalue weighted by Crippen LogP contribution is 2.44. The molecule has 9 heteroatoms. The lowest BCUT2D eigenvalue weighted by molar-refractivity contribution is -0.167. The minimum atomic E-state index is -4.50. The van der Waals surface area contributed by atoms with Crippen LogP contribution in [0.2, 0.25) is 0 Å². The van der Waals surface area contributed by atoms with Crippen molar-refractivity contribution in [3.8, 4) is 0 Å². The molecule has 3 aliphatic rings. The highest BCUT2D eigenvalue weighted by Gasteiger charge is 2.51. The molecule has 0 radical (unpaired) electrons. The van der Waals surface area contributed by atoms with Gasteiger partial charge in [-0.3, -0.25) is 0 Å². The molecule has 1 saturated heterocycles. The molecule has 1 N–H and O–H groups in total. The fourth-order valence-electron chi connectivity index (χ4n) is 4.55. The molecular weight excluding hydrogens is 369 g/mol. The number of alkyl halides is 3. The fraction of sp³-hybridized carbons (Fsp3) is 0.941. The molecule has 2 aliphatic carbocycles. The average Bonchev–Trinajstić information content (AvgIpc) is 2.67. The Bertz CT molecular complexity index is 626. The van der Waals surface area contributed by atoms with Crippen LogP contribution in [-0.2, 0) is 9.84 Å². The first-order valence-electron chi connectivity index (χ1n) is 9.49. The van der Waals surface area contributed by atoms with Gasteiger partial charge in [0.1, 0.15) is 6.04 Å². The Morgan fingerprint density at radius 3 is 2.23 bits per heavy atom. The van der Waals surface area contributed by atoms with Crippen molar-refractivity contribution in [3.63, 3.8) is 0 Å². The summed E-state index contributed by atoms with van der Waals surface area (Å²) in [5.74, 6) is -0.762. The zero-order valence-corrected chi connectivity index (χ0v) is 15.7. The highest BCUT2D eigenvalue weighted by molar-refractivity contribution is 7.92. The SMILES string of the molecule is O=C(NC(C1CCCCC1)C(F)(F)F)N1CCC2(CCC2)S(=O)(=O)CC1. The lowest BCUT2D eigenvalue weighted by atomic mass is 9.81. The molecule has 0 aromatic heterocycles. The minimum Gasteiger partial charge on any atom is -0.326 e. The highest BCUT2D eigenvalue weighted by atomic mass is 32.2. The Morgan fingerprint density at radius 2 is 1.69 bits per heavy atom. The molecule has 2 saturated carbocycles. The van der Waals surface area contributed by atoms with Gasteiger partial charge in [0.25, 0.3) is 0 Å². The maximum Gasteiger partial charge on any atom is 0.408 e. The van der Waals surface area contributed by atoms with Gasteiger partial charge < -0.3 is 10.2 Å². The third-order valence-electron chi connectivity index (χ3n) is 6.43. The third kappa shape index (κ3) is 3.82. The average molecular weight is 396 g/mol. The number of sulfone groups is 1. The molecule has 1 heterocycles. The van der Waals surface area contributed by atoms with E-state index in [2.05, 4.69) is 5.32 Å². The molecule has 150 valence electrons. The van der Waals surface area contributed by atoms with Crippen LogP contribution in [0.5, 0.6) is 0 Å². The summed E-state index contributed by atoms with van der Waals surface area (Å²) < 4.78 is 64.7. The Labute approximate surface area is 152 Å². The number of nitrogens with one attached hydrogen (secondary N) is 1. The van der Waals surface area contributed by atoms with E-state index < -0.39 is 38.8 Å². The van der Waals surface area contributed by atoms with Crippen molar-refractivity contribution >= 4 is 15.9 Å². The van der Waals surface area contributed by atoms with Crippen molar-refractivity contribution < 1.29 is 26.4 Å². The number of carbonyl (C=O) groups is 1. The molecule has 1 unspecified atom stereocenters. The van der Waals surface area contributed by atoms with Gasteiger partial charge in [-0.1, -0.05) is 25.7 Å². The van der Waals surface area contributed by atoms with Crippen molar-refractivity contribution in [3.05, 3.63) is 0 Å². The van der Waals surface area contributed by atoms with E-state index >= 15 is 0 Å². The Morgan fingerprint density at radius 1 is 1.04 bits per heavy atom. The van der Waals surface area contributed by atoms with Crippen LogP contribution in [0, 0.1) is 5.92 Å². The van der Waals surface area contributed by atoms with Crippen LogP contribution in [-0.4, -0.2) is 55.2 Å². The molecule has 3 fully saturated rings. The number of carbonyl (C=O) groups excluding carboxylic acids is 1. The van der Waals surface area contributed by atoms with Crippen LogP contribution in [0.25, 0.3) is 0 Å². The summed E-state index contributed by atoms with van der Waals surface area (Å²) in [6.07, 6.45) is 1.22. The van der Waals surface area contributed by atoms with Gasteiger partial charge >= 0.3 is 12.2 Å². The first kappa shape index (κ1) is 19.8. The maximum atomic E-state index is 13.5. The van der Waals surface area contributed by atoms with Crippen molar-refractivity contribution in [2.24, 2.45) is 5.92 Å². The summed E-state index contributed by atoms with van der Waals surface area (Å²) in [6.45, 7) is 0.158. The molecule has 1 aliphatic heterocycles. The summed E-state index contributed by atoms with van der Waals surface area (Å²) in [6, 6.07) is -2.64. The van der Waals surface area contributed by atoms with E-state index in [0.29, 0.717) is 32.1 Å². The standard InChI is InChI=1S/C17H27F3N2O3S/c18-17(19,20)14(13-5-2-1-3-6-13)21-15(23)22-10-9-16(7-4-8-16)26(24,25)12-11-22/h13-14H,1-12H2,(H,21,23). The number of rotatable bonds is 2. The van der Waals surface area contributed by atoms with Crippen LogP contribution < -0.4 is 5.32 Å². The second-order valence-electron chi connectivity index (χ2n) is 7.96. The first-order chi connectivity index (χ1) is 12.1. The Balaban J connectivity index is 1.67. The smallest absolute Gasteiger partial charge is 0.326 e. The van der Waals surface area contributed by atoms with E-state index in [1.165, 1.54) is 4.90 Å². The summed E-state index contributed by atoms with van der Waals surface area (Å²) >= 11 is 0. The number of amides is 2. The molecule has 1 atom stereocenters. The monoisotopic (exact) mass is 396 g/mol. The second-order valence-corrected chi connectivity index (χ2v) is 10.5. The zero-order chi connectivity index (χ0) is 19.0. The number of halogens is 3. The zero-order valence-electron chi connectivity index (χ0n) is 14.9. The van der Waals surface area contributed by atoms with Crippen LogP contribution in [0.1, 0.15) is 57.8 Å². The van der Waals surface area contributed by atoms with Crippen molar-refractivity contribution in [1.29, 1.82) is 0 Å². The Hall–Kier alpha value is -0.990. The quantitative estimate of drug-likeness (QED) is 0.779. The van der Waals surface area contributed by atoms with Crippen LogP contribution >= 0.6 is 0 Å². The largest absolute Gasteiger partial charge is 0.408 e. The molecule has 3 rings (SSSR count). The van der Waals surface area contributed by atoms with Gasteiger partial charge in [-0.15, -0.1) is 0 Å². The van der Waals surface area contributed by atoms with E-state index in [1.54, 1.807) is 0 Å². The number of urea groups is 1. The molecule has 26 heavy (non-hydrogen) atoms. The van der Waals surface area contributed by atoms with Gasteiger partial charge in [0.15, 0.2) is 9.84 Å². The lowest BCUT2D eigenvalue weighted by Crippen LogP contribution is -2.54. The molecule has 0 bridgehead atoms. The summed E-state index contributed by atoms with van der Waals surface area (Å²) in [5.41, 5.74) is 0. The number of hydrogen-bond donors (Lipinski definition) is 1. The van der Waals surface area contributed by atoms with Crippen LogP contribution in [0.3, 0.4) is 0 Å². The van der Waals surface area contributed by atoms with E-state index in [1.807, 2.05) is 0 Å². The summed E-state index contributed by atoms with van der Waals surface area (Å²) in [7, 11) is -3.31. The lowest BCUT2D eigenvalue weighted by Gasteiger charge is -2.40. The van der Waals surface area contributed by atoms with E-state index in [-0.39, 0.29) is 18.8 Å². The van der Waals surface area contributed by atoms with Gasteiger partial charge in [-0.05, 0) is 38.0 Å². The fourth-order valence-corrected chi connectivity index (χ4v) is 6.75. The molecule has 5 nitrogen and oxygen atoms in total. The summed E-state index contributed by atoms with van der Waals surface area (Å²) in [5, 5.41) is 2.18. The van der Waals surface area contributed by atoms with Crippen molar-refractivity contribution in [2.45, 2.75) is 74.8 Å². The topological polar surface area (TPSA) is 66.5 Å². The molecule has 2 amide bonds. The molecular formula is C17H27F3N2O3S. The predicted molar refractivity (Wildman–Crippen MR) is 91.5 cm³/mol. The van der Waals surface area contributed by atoms with Gasteiger partial charge in [-0.2, -0.15) is 13.2 Å². The van der Waals surface area contributed by atoms with E-state index in [0.717, 1.165) is 25.7 Å². The number of nitrogens with zero attached hydrogens (tertiary/aromatic N) is 1. The van der Waals surface area contributed by atoms with Crippen molar-refractivity contribution in [1.82, 2.24) is 10.2 Å². The predicted octanol–water partition coefficient (Wildman–Crippen LogP) is 3.25. The summed E-state index contributed by atoms with van der Waals surface area (Å²) in [4.78, 5) is 13.8. The minimum absolute atomic E-state index is 0.0365. The van der Waals surface area contributed by atoms with Gasteiger partial charge in [0.2, 0.25) is 0 Å². The van der Waals surface area contributed by atoms with E-state index in [9.17, 15) is 26.4 Å². The molecule has 1 spiro atoms. The maximum absolute atomic E-state index is 13.5.